The number of fused-ring (bicyclic) bond motifs is 1. The molecule has 3 aromatic rings. The van der Waals surface area contributed by atoms with Crippen molar-refractivity contribution in [1.29, 1.82) is 10.8 Å². The average Bonchev–Trinajstić information content (AvgIpc) is 3.21. The van der Waals surface area contributed by atoms with E-state index >= 15 is 0 Å². The van der Waals surface area contributed by atoms with Crippen molar-refractivity contribution in [3.8, 4) is 11.3 Å². The van der Waals surface area contributed by atoms with Gasteiger partial charge in [0.05, 0.1) is 11.9 Å². The number of hydrogen-bond acceptors (Lipinski definition) is 7. The number of pyridine rings is 2. The van der Waals surface area contributed by atoms with Gasteiger partial charge in [-0.25, -0.2) is 4.98 Å². The molecule has 10 heteroatoms. The number of rotatable bonds is 9. The number of anilines is 1. The Hall–Kier alpha value is -3.92. The van der Waals surface area contributed by atoms with Gasteiger partial charge in [-0.05, 0) is 45.3 Å². The molecule has 0 saturated heterocycles. The SMILES string of the molecule is CC(=N)C(C)C(=N)C(=O)Nc1cnc2[nH]c(-c3ccnc(C(=O)NCCN(C)C)c3)cc2c1. The van der Waals surface area contributed by atoms with Gasteiger partial charge in [-0.15, -0.1) is 0 Å². The number of likely N-dealkylation sites (N-methyl/N-ethyl adjacent to an activating group) is 1. The molecule has 33 heavy (non-hydrogen) atoms. The van der Waals surface area contributed by atoms with Crippen LogP contribution in [0.15, 0.2) is 36.7 Å². The van der Waals surface area contributed by atoms with Crippen LogP contribution in [0, 0.1) is 16.7 Å². The quantitative estimate of drug-likeness (QED) is 0.319. The van der Waals surface area contributed by atoms with Crippen molar-refractivity contribution >= 4 is 40.0 Å². The molecule has 0 aromatic carbocycles. The number of amides is 2. The van der Waals surface area contributed by atoms with Gasteiger partial charge in [0.1, 0.15) is 17.1 Å². The number of H-pyrrole nitrogens is 1. The normalized spacial score (nSPS) is 11.9. The summed E-state index contributed by atoms with van der Waals surface area (Å²) >= 11 is 0. The molecule has 5 N–H and O–H groups in total. The molecule has 0 radical (unpaired) electrons. The highest BCUT2D eigenvalue weighted by Crippen LogP contribution is 2.25. The summed E-state index contributed by atoms with van der Waals surface area (Å²) in [5.74, 6) is -1.36. The maximum atomic E-state index is 12.4. The number of nitrogens with zero attached hydrogens (tertiary/aromatic N) is 3. The zero-order valence-corrected chi connectivity index (χ0v) is 19.1. The first-order chi connectivity index (χ1) is 15.7. The van der Waals surface area contributed by atoms with Crippen LogP contribution in [0.5, 0.6) is 0 Å². The molecule has 172 valence electrons. The minimum Gasteiger partial charge on any atom is -0.349 e. The van der Waals surface area contributed by atoms with Crippen molar-refractivity contribution in [3.63, 3.8) is 0 Å². The van der Waals surface area contributed by atoms with Crippen LogP contribution in [0.2, 0.25) is 0 Å². The largest absolute Gasteiger partial charge is 0.349 e. The molecule has 0 aliphatic carbocycles. The van der Waals surface area contributed by atoms with E-state index in [0.29, 0.717) is 23.6 Å². The fourth-order valence-corrected chi connectivity index (χ4v) is 3.06. The van der Waals surface area contributed by atoms with Crippen LogP contribution in [0.3, 0.4) is 0 Å². The predicted octanol–water partition coefficient (Wildman–Crippen LogP) is 2.55. The number of aromatic nitrogens is 3. The Morgan fingerprint density at radius 1 is 1.18 bits per heavy atom. The fraction of sp³-hybridized carbons (Fsp3) is 0.304. The average molecular weight is 449 g/mol. The minimum absolute atomic E-state index is 0.175. The lowest BCUT2D eigenvalue weighted by Crippen LogP contribution is -2.31. The van der Waals surface area contributed by atoms with E-state index in [4.69, 9.17) is 10.8 Å². The smallest absolute Gasteiger partial charge is 0.270 e. The summed E-state index contributed by atoms with van der Waals surface area (Å²) in [4.78, 5) is 38.4. The Labute approximate surface area is 191 Å². The molecule has 0 fully saturated rings. The summed E-state index contributed by atoms with van der Waals surface area (Å²) < 4.78 is 0. The third kappa shape index (κ3) is 5.86. The van der Waals surface area contributed by atoms with Gasteiger partial charge in [0.25, 0.3) is 11.8 Å². The Bertz CT molecular complexity index is 1210. The van der Waals surface area contributed by atoms with Crippen molar-refractivity contribution in [2.75, 3.05) is 32.5 Å². The van der Waals surface area contributed by atoms with E-state index in [2.05, 4.69) is 25.6 Å². The minimum atomic E-state index is -0.565. The van der Waals surface area contributed by atoms with Gasteiger partial charge in [-0.1, -0.05) is 6.92 Å². The van der Waals surface area contributed by atoms with Crippen LogP contribution in [-0.4, -0.2) is 70.3 Å². The molecular formula is C23H28N8O2. The molecule has 1 atom stereocenters. The van der Waals surface area contributed by atoms with Crippen molar-refractivity contribution < 1.29 is 9.59 Å². The number of aromatic amines is 1. The molecule has 0 saturated carbocycles. The zero-order chi connectivity index (χ0) is 24.1. The zero-order valence-electron chi connectivity index (χ0n) is 19.1. The molecule has 3 rings (SSSR count). The Balaban J connectivity index is 1.77. The Morgan fingerprint density at radius 3 is 2.64 bits per heavy atom. The standard InChI is InChI=1S/C23H28N8O2/c1-13(14(2)24)20(25)23(33)29-17-9-16-11-18(30-21(16)28-12-17)15-5-6-26-19(10-15)22(32)27-7-8-31(3)4/h5-6,9-13,24-25H,7-8H2,1-4H3,(H,27,32)(H,28,30)(H,29,33). The first kappa shape index (κ1) is 23.7. The lowest BCUT2D eigenvalue weighted by molar-refractivity contribution is -0.110. The number of carbonyl (C=O) groups excluding carboxylic acids is 2. The van der Waals surface area contributed by atoms with Gasteiger partial charge in [0.2, 0.25) is 0 Å². The maximum absolute atomic E-state index is 12.4. The van der Waals surface area contributed by atoms with Gasteiger partial charge in [-0.3, -0.25) is 20.0 Å². The third-order valence-corrected chi connectivity index (χ3v) is 5.20. The van der Waals surface area contributed by atoms with Crippen molar-refractivity contribution in [3.05, 3.63) is 42.4 Å². The fourth-order valence-electron chi connectivity index (χ4n) is 3.06. The topological polar surface area (TPSA) is 151 Å². The van der Waals surface area contributed by atoms with Gasteiger partial charge < -0.3 is 25.9 Å². The highest BCUT2D eigenvalue weighted by atomic mass is 16.2. The summed E-state index contributed by atoms with van der Waals surface area (Å²) in [7, 11) is 3.88. The molecule has 0 spiro atoms. The van der Waals surface area contributed by atoms with Crippen LogP contribution in [0.25, 0.3) is 22.3 Å². The monoisotopic (exact) mass is 448 g/mol. The van der Waals surface area contributed by atoms with Crippen LogP contribution < -0.4 is 10.6 Å². The van der Waals surface area contributed by atoms with Crippen LogP contribution in [0.4, 0.5) is 5.69 Å². The number of hydrogen-bond donors (Lipinski definition) is 5. The third-order valence-electron chi connectivity index (χ3n) is 5.20. The summed E-state index contributed by atoms with van der Waals surface area (Å²) in [6.07, 6.45) is 3.09. The van der Waals surface area contributed by atoms with Gasteiger partial charge in [0.15, 0.2) is 0 Å². The molecule has 0 bridgehead atoms. The van der Waals surface area contributed by atoms with E-state index in [9.17, 15) is 9.59 Å². The second kappa shape index (κ2) is 10.1. The van der Waals surface area contributed by atoms with E-state index in [1.807, 2.05) is 25.1 Å². The molecule has 0 aliphatic heterocycles. The summed E-state index contributed by atoms with van der Waals surface area (Å²) in [6.45, 7) is 4.48. The van der Waals surface area contributed by atoms with Crippen LogP contribution >= 0.6 is 0 Å². The van der Waals surface area contributed by atoms with E-state index in [1.165, 1.54) is 6.20 Å². The summed E-state index contributed by atoms with van der Waals surface area (Å²) in [6, 6.07) is 7.13. The van der Waals surface area contributed by atoms with Crippen molar-refractivity contribution in [2.24, 2.45) is 5.92 Å². The summed E-state index contributed by atoms with van der Waals surface area (Å²) in [5.41, 5.74) is 3.01. The number of carbonyl (C=O) groups is 2. The molecule has 0 aliphatic rings. The van der Waals surface area contributed by atoms with Crippen molar-refractivity contribution in [2.45, 2.75) is 13.8 Å². The van der Waals surface area contributed by atoms with E-state index in [1.54, 1.807) is 38.2 Å². The number of nitrogens with one attached hydrogen (secondary N) is 5. The highest BCUT2D eigenvalue weighted by molar-refractivity contribution is 6.45. The van der Waals surface area contributed by atoms with E-state index in [0.717, 1.165) is 23.2 Å². The molecule has 10 nitrogen and oxygen atoms in total. The Morgan fingerprint density at radius 2 is 1.94 bits per heavy atom. The second-order valence-corrected chi connectivity index (χ2v) is 8.11. The lowest BCUT2D eigenvalue weighted by atomic mass is 10.0. The van der Waals surface area contributed by atoms with Crippen molar-refractivity contribution in [1.82, 2.24) is 25.2 Å². The Kier molecular flexibility index (Phi) is 7.29. The second-order valence-electron chi connectivity index (χ2n) is 8.11. The molecular weight excluding hydrogens is 420 g/mol. The van der Waals surface area contributed by atoms with Crippen LogP contribution in [-0.2, 0) is 4.79 Å². The van der Waals surface area contributed by atoms with Crippen LogP contribution in [0.1, 0.15) is 24.3 Å². The van der Waals surface area contributed by atoms with E-state index < -0.39 is 11.8 Å². The first-order valence-electron chi connectivity index (χ1n) is 10.5. The highest BCUT2D eigenvalue weighted by Gasteiger charge is 2.19. The first-order valence-corrected chi connectivity index (χ1v) is 10.5. The molecule has 1 unspecified atom stereocenters. The lowest BCUT2D eigenvalue weighted by Gasteiger charge is -2.11. The van der Waals surface area contributed by atoms with E-state index in [-0.39, 0.29) is 17.3 Å². The van der Waals surface area contributed by atoms with Gasteiger partial charge in [-0.2, -0.15) is 0 Å². The molecule has 3 aromatic heterocycles. The molecule has 2 amide bonds. The maximum Gasteiger partial charge on any atom is 0.270 e. The summed E-state index contributed by atoms with van der Waals surface area (Å²) in [5, 5.41) is 21.9. The molecule has 3 heterocycles. The van der Waals surface area contributed by atoms with Gasteiger partial charge in [0, 0.05) is 47.6 Å². The predicted molar refractivity (Wildman–Crippen MR) is 129 cm³/mol. The van der Waals surface area contributed by atoms with Gasteiger partial charge >= 0.3 is 0 Å².